The first-order valence-corrected chi connectivity index (χ1v) is 13.3. The summed E-state index contributed by atoms with van der Waals surface area (Å²) in [6, 6.07) is 6.87. The SMILES string of the molecule is C[N+](C)(Cc1ccc(S(=O)(=O)c2cnc(N3CCCC3)s2)cn1)C(O)c1cc2ccncc2o1. The Morgan fingerprint density at radius 1 is 1.15 bits per heavy atom. The first kappa shape index (κ1) is 22.9. The van der Waals surface area contributed by atoms with E-state index in [1.165, 1.54) is 23.7 Å². The molecule has 0 amide bonds. The van der Waals surface area contributed by atoms with Gasteiger partial charge in [0.15, 0.2) is 16.5 Å². The highest BCUT2D eigenvalue weighted by atomic mass is 32.2. The number of nitrogens with zero attached hydrogens (tertiary/aromatic N) is 5. The Morgan fingerprint density at radius 2 is 1.94 bits per heavy atom. The Morgan fingerprint density at radius 3 is 2.65 bits per heavy atom. The van der Waals surface area contributed by atoms with Crippen molar-refractivity contribution >= 4 is 37.3 Å². The van der Waals surface area contributed by atoms with Gasteiger partial charge in [-0.25, -0.2) is 13.4 Å². The van der Waals surface area contributed by atoms with Gasteiger partial charge in [-0.2, -0.15) is 0 Å². The van der Waals surface area contributed by atoms with Crippen LogP contribution in [0.4, 0.5) is 5.13 Å². The number of sulfone groups is 1. The van der Waals surface area contributed by atoms with Crippen LogP contribution in [0.3, 0.4) is 0 Å². The van der Waals surface area contributed by atoms with Crippen LogP contribution < -0.4 is 4.90 Å². The van der Waals surface area contributed by atoms with Crippen LogP contribution in [0.2, 0.25) is 0 Å². The number of aliphatic hydroxyl groups excluding tert-OH is 1. The average molecular weight is 501 g/mol. The first-order valence-electron chi connectivity index (χ1n) is 11.0. The third kappa shape index (κ3) is 4.31. The topological polar surface area (TPSA) is 109 Å². The minimum Gasteiger partial charge on any atom is -0.450 e. The van der Waals surface area contributed by atoms with E-state index in [-0.39, 0.29) is 13.6 Å². The summed E-state index contributed by atoms with van der Waals surface area (Å²) in [5.74, 6) is 0.436. The molecule has 0 aliphatic carbocycles. The number of thiazole rings is 1. The monoisotopic (exact) mass is 500 g/mol. The molecule has 0 saturated carbocycles. The first-order chi connectivity index (χ1) is 16.2. The van der Waals surface area contributed by atoms with Crippen LogP contribution in [-0.4, -0.2) is 60.1 Å². The van der Waals surface area contributed by atoms with Gasteiger partial charge in [0.05, 0.1) is 37.1 Å². The highest BCUT2D eigenvalue weighted by molar-refractivity contribution is 7.93. The molecule has 5 heterocycles. The van der Waals surface area contributed by atoms with Crippen molar-refractivity contribution in [3.8, 4) is 0 Å². The van der Waals surface area contributed by atoms with Crippen LogP contribution >= 0.6 is 11.3 Å². The van der Waals surface area contributed by atoms with E-state index < -0.39 is 16.1 Å². The van der Waals surface area contributed by atoms with Gasteiger partial charge in [0, 0.05) is 30.9 Å². The quantitative estimate of drug-likeness (QED) is 0.304. The Labute approximate surface area is 201 Å². The average Bonchev–Trinajstić information content (AvgIpc) is 3.58. The number of aromatic nitrogens is 3. The molecule has 34 heavy (non-hydrogen) atoms. The zero-order valence-corrected chi connectivity index (χ0v) is 20.6. The van der Waals surface area contributed by atoms with Crippen LogP contribution in [0.1, 0.15) is 30.5 Å². The van der Waals surface area contributed by atoms with E-state index in [1.54, 1.807) is 30.6 Å². The van der Waals surface area contributed by atoms with E-state index in [0.717, 1.165) is 36.4 Å². The van der Waals surface area contributed by atoms with E-state index >= 15 is 0 Å². The lowest BCUT2D eigenvalue weighted by atomic mass is 10.2. The van der Waals surface area contributed by atoms with Crippen molar-refractivity contribution in [3.63, 3.8) is 0 Å². The van der Waals surface area contributed by atoms with Crippen LogP contribution in [0.25, 0.3) is 11.0 Å². The summed E-state index contributed by atoms with van der Waals surface area (Å²) in [5, 5.41) is 12.6. The highest BCUT2D eigenvalue weighted by Gasteiger charge is 2.32. The number of fused-ring (bicyclic) bond motifs is 1. The summed E-state index contributed by atoms with van der Waals surface area (Å²) in [7, 11) is 0.0307. The minimum absolute atomic E-state index is 0.128. The summed E-state index contributed by atoms with van der Waals surface area (Å²) in [4.78, 5) is 15.0. The predicted octanol–water partition coefficient (Wildman–Crippen LogP) is 3.38. The Balaban J connectivity index is 1.32. The summed E-state index contributed by atoms with van der Waals surface area (Å²) in [6.45, 7) is 2.19. The van der Waals surface area contributed by atoms with E-state index in [1.807, 2.05) is 20.2 Å². The molecule has 1 atom stereocenters. The molecule has 5 rings (SSSR count). The second-order valence-corrected chi connectivity index (χ2v) is 12.2. The number of furan rings is 1. The molecule has 4 aromatic heterocycles. The van der Waals surface area contributed by atoms with E-state index in [4.69, 9.17) is 4.42 Å². The van der Waals surface area contributed by atoms with Gasteiger partial charge >= 0.3 is 0 Å². The maximum Gasteiger partial charge on any atom is 0.250 e. The molecule has 4 aromatic rings. The molecule has 1 saturated heterocycles. The van der Waals surface area contributed by atoms with Gasteiger partial charge in [-0.1, -0.05) is 11.3 Å². The molecule has 1 unspecified atom stereocenters. The Kier molecular flexibility index (Phi) is 5.88. The fraction of sp³-hybridized carbons (Fsp3) is 0.348. The van der Waals surface area contributed by atoms with Gasteiger partial charge in [-0.05, 0) is 37.1 Å². The summed E-state index contributed by atoms with van der Waals surface area (Å²) in [5.41, 5.74) is 1.27. The van der Waals surface area contributed by atoms with Gasteiger partial charge in [0.1, 0.15) is 10.8 Å². The predicted molar refractivity (Wildman–Crippen MR) is 128 cm³/mol. The molecular formula is C23H26N5O4S2+. The second-order valence-electron chi connectivity index (χ2n) is 9.02. The maximum absolute atomic E-state index is 13.1. The Bertz CT molecular complexity index is 1370. The summed E-state index contributed by atoms with van der Waals surface area (Å²) in [6.07, 6.45) is 7.36. The highest BCUT2D eigenvalue weighted by Crippen LogP contribution is 2.33. The van der Waals surface area contributed by atoms with E-state index in [0.29, 0.717) is 23.6 Å². The van der Waals surface area contributed by atoms with E-state index in [2.05, 4.69) is 19.9 Å². The van der Waals surface area contributed by atoms with Crippen molar-refractivity contribution in [3.05, 3.63) is 60.5 Å². The molecule has 1 fully saturated rings. The van der Waals surface area contributed by atoms with Crippen molar-refractivity contribution in [1.82, 2.24) is 15.0 Å². The van der Waals surface area contributed by atoms with Gasteiger partial charge < -0.3 is 14.4 Å². The number of quaternary nitrogens is 1. The second kappa shape index (κ2) is 8.73. The molecule has 0 radical (unpaired) electrons. The van der Waals surface area contributed by atoms with Gasteiger partial charge in [0.25, 0.3) is 6.23 Å². The number of anilines is 1. The molecule has 0 aromatic carbocycles. The number of rotatable bonds is 7. The fourth-order valence-corrected chi connectivity index (χ4v) is 6.61. The molecular weight excluding hydrogens is 474 g/mol. The normalized spacial score (nSPS) is 15.8. The number of aliphatic hydroxyl groups is 1. The van der Waals surface area contributed by atoms with Crippen molar-refractivity contribution in [2.75, 3.05) is 32.1 Å². The lowest BCUT2D eigenvalue weighted by Crippen LogP contribution is -2.42. The third-order valence-electron chi connectivity index (χ3n) is 6.05. The Hall–Kier alpha value is -2.86. The summed E-state index contributed by atoms with van der Waals surface area (Å²) >= 11 is 1.20. The standard InChI is InChI=1S/C23H26N5O4S2/c1-28(2,22(29)19-11-16-7-8-24-13-20(16)32-19)15-17-5-6-18(12-25-17)34(30,31)21-14-26-23(33-21)27-9-3-4-10-27/h5-8,11-14,22,29H,3-4,9-10,15H2,1-2H3/q+1. The third-order valence-corrected chi connectivity index (χ3v) is 9.31. The van der Waals surface area contributed by atoms with Crippen molar-refractivity contribution < 1.29 is 22.4 Å². The van der Waals surface area contributed by atoms with Gasteiger partial charge in [0.2, 0.25) is 9.84 Å². The van der Waals surface area contributed by atoms with Crippen LogP contribution in [0.15, 0.2) is 62.6 Å². The van der Waals surface area contributed by atoms with Crippen molar-refractivity contribution in [2.24, 2.45) is 0 Å². The number of hydrogen-bond donors (Lipinski definition) is 1. The van der Waals surface area contributed by atoms with Crippen molar-refractivity contribution in [1.29, 1.82) is 0 Å². The van der Waals surface area contributed by atoms with Crippen LogP contribution in [0, 0.1) is 0 Å². The van der Waals surface area contributed by atoms with Gasteiger partial charge in [-0.15, -0.1) is 0 Å². The largest absolute Gasteiger partial charge is 0.450 e. The number of pyridine rings is 2. The molecule has 1 N–H and O–H groups in total. The number of hydrogen-bond acceptors (Lipinski definition) is 9. The van der Waals surface area contributed by atoms with Gasteiger partial charge in [-0.3, -0.25) is 14.5 Å². The lowest BCUT2D eigenvalue weighted by Gasteiger charge is -2.33. The van der Waals surface area contributed by atoms with E-state index in [9.17, 15) is 13.5 Å². The molecule has 1 aliphatic heterocycles. The lowest BCUT2D eigenvalue weighted by molar-refractivity contribution is -0.957. The maximum atomic E-state index is 13.1. The zero-order valence-electron chi connectivity index (χ0n) is 19.0. The van der Waals surface area contributed by atoms with Crippen LogP contribution in [-0.2, 0) is 16.4 Å². The molecule has 0 bridgehead atoms. The molecule has 11 heteroatoms. The molecule has 0 spiro atoms. The molecule has 178 valence electrons. The smallest absolute Gasteiger partial charge is 0.250 e. The minimum atomic E-state index is -3.69. The fourth-order valence-electron chi connectivity index (χ4n) is 4.09. The zero-order chi connectivity index (χ0) is 23.9. The molecule has 1 aliphatic rings. The van der Waals surface area contributed by atoms with Crippen molar-refractivity contribution in [2.45, 2.75) is 34.7 Å². The summed E-state index contributed by atoms with van der Waals surface area (Å²) < 4.78 is 32.3. The van der Waals surface area contributed by atoms with Crippen LogP contribution in [0.5, 0.6) is 0 Å². The molecule has 9 nitrogen and oxygen atoms in total.